The molecule has 0 radical (unpaired) electrons. The predicted molar refractivity (Wildman–Crippen MR) is 78.1 cm³/mol. The smallest absolute Gasteiger partial charge is 0.335 e. The molecule has 0 fully saturated rings. The number of hydrogen-bond donors (Lipinski definition) is 2. The molecule has 1 aromatic rings. The van der Waals surface area contributed by atoms with Crippen molar-refractivity contribution in [3.05, 3.63) is 35.4 Å². The highest BCUT2D eigenvalue weighted by molar-refractivity contribution is 7.88. The summed E-state index contributed by atoms with van der Waals surface area (Å²) in [6.45, 7) is 3.89. The number of sulfonamides is 1. The molecule has 0 amide bonds. The molecule has 0 spiro atoms. The van der Waals surface area contributed by atoms with Gasteiger partial charge in [-0.1, -0.05) is 31.9 Å². The Balaban J connectivity index is 2.71. The molecule has 0 aliphatic heterocycles. The molecule has 1 unspecified atom stereocenters. The quantitative estimate of drug-likeness (QED) is 0.772. The zero-order chi connectivity index (χ0) is 15.2. The van der Waals surface area contributed by atoms with E-state index in [1.807, 2.05) is 6.92 Å². The van der Waals surface area contributed by atoms with Crippen LogP contribution in [0.4, 0.5) is 0 Å². The van der Waals surface area contributed by atoms with E-state index in [2.05, 4.69) is 11.6 Å². The fourth-order valence-corrected chi connectivity index (χ4v) is 3.36. The van der Waals surface area contributed by atoms with Crippen LogP contribution in [0.15, 0.2) is 24.3 Å². The van der Waals surface area contributed by atoms with Gasteiger partial charge in [0.1, 0.15) is 0 Å². The number of carboxylic acids is 1. The summed E-state index contributed by atoms with van der Waals surface area (Å²) < 4.78 is 26.6. The number of carboxylic acid groups (broad SMARTS) is 1. The maximum Gasteiger partial charge on any atom is 0.335 e. The second kappa shape index (κ2) is 7.40. The summed E-state index contributed by atoms with van der Waals surface area (Å²) in [5.41, 5.74) is 0.567. The van der Waals surface area contributed by atoms with Gasteiger partial charge in [0.05, 0.1) is 11.3 Å². The molecule has 112 valence electrons. The Hall–Kier alpha value is -1.40. The molecule has 1 aromatic carbocycles. The van der Waals surface area contributed by atoms with Crippen molar-refractivity contribution in [2.24, 2.45) is 0 Å². The van der Waals surface area contributed by atoms with Gasteiger partial charge in [0.2, 0.25) is 10.0 Å². The second-order valence-corrected chi connectivity index (χ2v) is 6.68. The van der Waals surface area contributed by atoms with Crippen LogP contribution in [-0.2, 0) is 15.8 Å². The fourth-order valence-electron chi connectivity index (χ4n) is 1.93. The Morgan fingerprint density at radius 2 is 2.10 bits per heavy atom. The van der Waals surface area contributed by atoms with Crippen LogP contribution in [0.25, 0.3) is 0 Å². The Labute approximate surface area is 120 Å². The van der Waals surface area contributed by atoms with E-state index in [0.717, 1.165) is 19.3 Å². The van der Waals surface area contributed by atoms with E-state index < -0.39 is 16.0 Å². The zero-order valence-electron chi connectivity index (χ0n) is 11.8. The molecule has 6 heteroatoms. The monoisotopic (exact) mass is 299 g/mol. The lowest BCUT2D eigenvalue weighted by Gasteiger charge is -2.14. The number of nitrogens with one attached hydrogen (secondary N) is 1. The first kappa shape index (κ1) is 16.7. The lowest BCUT2D eigenvalue weighted by Crippen LogP contribution is -2.33. The third kappa shape index (κ3) is 5.71. The van der Waals surface area contributed by atoms with Crippen molar-refractivity contribution in [2.75, 3.05) is 0 Å². The van der Waals surface area contributed by atoms with Crippen molar-refractivity contribution in [3.8, 4) is 0 Å². The highest BCUT2D eigenvalue weighted by Crippen LogP contribution is 2.10. The Bertz CT molecular complexity index is 554. The number of carbonyl (C=O) groups is 1. The minimum absolute atomic E-state index is 0.0942. The lowest BCUT2D eigenvalue weighted by atomic mass is 10.1. The summed E-state index contributed by atoms with van der Waals surface area (Å²) in [7, 11) is -3.45. The van der Waals surface area contributed by atoms with Crippen molar-refractivity contribution < 1.29 is 18.3 Å². The summed E-state index contributed by atoms with van der Waals surface area (Å²) in [6.07, 6.45) is 2.79. The summed E-state index contributed by atoms with van der Waals surface area (Å²) in [4.78, 5) is 10.8. The highest BCUT2D eigenvalue weighted by Gasteiger charge is 2.15. The summed E-state index contributed by atoms with van der Waals surface area (Å²) in [5, 5.41) is 8.89. The maximum absolute atomic E-state index is 12.0. The third-order valence-corrected chi connectivity index (χ3v) is 4.38. The van der Waals surface area contributed by atoms with Gasteiger partial charge in [-0.3, -0.25) is 0 Å². The normalized spacial score (nSPS) is 13.1. The molecule has 0 saturated heterocycles. The van der Waals surface area contributed by atoms with Gasteiger partial charge < -0.3 is 5.11 Å². The van der Waals surface area contributed by atoms with Crippen LogP contribution >= 0.6 is 0 Å². The maximum atomic E-state index is 12.0. The molecule has 5 nitrogen and oxygen atoms in total. The first-order valence-electron chi connectivity index (χ1n) is 6.66. The molecule has 0 aromatic heterocycles. The van der Waals surface area contributed by atoms with E-state index in [-0.39, 0.29) is 17.4 Å². The second-order valence-electron chi connectivity index (χ2n) is 4.93. The van der Waals surface area contributed by atoms with Gasteiger partial charge in [-0.25, -0.2) is 17.9 Å². The van der Waals surface area contributed by atoms with Gasteiger partial charge in [0.25, 0.3) is 0 Å². The Morgan fingerprint density at radius 1 is 1.40 bits per heavy atom. The fraction of sp³-hybridized carbons (Fsp3) is 0.500. The van der Waals surface area contributed by atoms with E-state index >= 15 is 0 Å². The molecule has 0 saturated carbocycles. The van der Waals surface area contributed by atoms with Crippen LogP contribution in [0.5, 0.6) is 0 Å². The van der Waals surface area contributed by atoms with Crippen molar-refractivity contribution in [1.29, 1.82) is 0 Å². The molecule has 20 heavy (non-hydrogen) atoms. The van der Waals surface area contributed by atoms with Crippen LogP contribution in [0, 0.1) is 0 Å². The zero-order valence-corrected chi connectivity index (χ0v) is 12.6. The molecule has 0 heterocycles. The van der Waals surface area contributed by atoms with Crippen LogP contribution < -0.4 is 4.72 Å². The average molecular weight is 299 g/mol. The summed E-state index contributed by atoms with van der Waals surface area (Å²) >= 11 is 0. The number of benzene rings is 1. The molecule has 0 aliphatic rings. The van der Waals surface area contributed by atoms with Crippen LogP contribution in [0.2, 0.25) is 0 Å². The van der Waals surface area contributed by atoms with Gasteiger partial charge in [0.15, 0.2) is 0 Å². The van der Waals surface area contributed by atoms with Crippen molar-refractivity contribution in [2.45, 2.75) is 44.9 Å². The van der Waals surface area contributed by atoms with Gasteiger partial charge >= 0.3 is 5.97 Å². The molecular formula is C14H21NO4S. The molecular weight excluding hydrogens is 278 g/mol. The van der Waals surface area contributed by atoms with Gasteiger partial charge in [-0.2, -0.15) is 0 Å². The summed E-state index contributed by atoms with van der Waals surface area (Å²) in [6, 6.07) is 5.88. The standard InChI is InChI=1S/C14H21NO4S/c1-3-4-6-11(2)15-20(18,19)10-12-7-5-8-13(9-12)14(16)17/h5,7-9,11,15H,3-4,6,10H2,1-2H3,(H,16,17). The van der Waals surface area contributed by atoms with Crippen molar-refractivity contribution >= 4 is 16.0 Å². The van der Waals surface area contributed by atoms with E-state index in [1.54, 1.807) is 12.1 Å². The van der Waals surface area contributed by atoms with Crippen molar-refractivity contribution in [1.82, 2.24) is 4.72 Å². The SMILES string of the molecule is CCCCC(C)NS(=O)(=O)Cc1cccc(C(=O)O)c1. The van der Waals surface area contributed by atoms with Crippen LogP contribution in [0.3, 0.4) is 0 Å². The first-order chi connectivity index (χ1) is 9.34. The van der Waals surface area contributed by atoms with E-state index in [1.165, 1.54) is 12.1 Å². The van der Waals surface area contributed by atoms with Crippen LogP contribution in [0.1, 0.15) is 49.0 Å². The van der Waals surface area contributed by atoms with E-state index in [9.17, 15) is 13.2 Å². The van der Waals surface area contributed by atoms with E-state index in [4.69, 9.17) is 5.11 Å². The number of rotatable bonds is 8. The molecule has 1 rings (SSSR count). The van der Waals surface area contributed by atoms with Gasteiger partial charge in [0, 0.05) is 6.04 Å². The molecule has 0 aliphatic carbocycles. The predicted octanol–water partition coefficient (Wildman–Crippen LogP) is 2.38. The highest BCUT2D eigenvalue weighted by atomic mass is 32.2. The molecule has 2 N–H and O–H groups in total. The largest absolute Gasteiger partial charge is 0.478 e. The number of unbranched alkanes of at least 4 members (excludes halogenated alkanes) is 1. The third-order valence-electron chi connectivity index (χ3n) is 2.90. The number of aromatic carboxylic acids is 1. The molecule has 1 atom stereocenters. The minimum atomic E-state index is -3.45. The van der Waals surface area contributed by atoms with Gasteiger partial charge in [-0.15, -0.1) is 0 Å². The first-order valence-corrected chi connectivity index (χ1v) is 8.31. The average Bonchev–Trinajstić information content (AvgIpc) is 2.35. The molecule has 0 bridgehead atoms. The van der Waals surface area contributed by atoms with Crippen LogP contribution in [-0.4, -0.2) is 25.5 Å². The topological polar surface area (TPSA) is 83.5 Å². The van der Waals surface area contributed by atoms with Gasteiger partial charge in [-0.05, 0) is 31.0 Å². The minimum Gasteiger partial charge on any atom is -0.478 e. The number of hydrogen-bond acceptors (Lipinski definition) is 3. The summed E-state index contributed by atoms with van der Waals surface area (Å²) in [5.74, 6) is -1.27. The van der Waals surface area contributed by atoms with E-state index in [0.29, 0.717) is 5.56 Å². The Morgan fingerprint density at radius 3 is 2.70 bits per heavy atom. The Kier molecular flexibility index (Phi) is 6.16. The lowest BCUT2D eigenvalue weighted by molar-refractivity contribution is 0.0696. The van der Waals surface area contributed by atoms with Crippen molar-refractivity contribution in [3.63, 3.8) is 0 Å².